The summed E-state index contributed by atoms with van der Waals surface area (Å²) < 4.78 is 21.0. The minimum atomic E-state index is -1.19. The van der Waals surface area contributed by atoms with Crippen LogP contribution in [0.25, 0.3) is 0 Å². The summed E-state index contributed by atoms with van der Waals surface area (Å²) in [6, 6.07) is 11.9. The number of para-hydroxylation sites is 1. The van der Waals surface area contributed by atoms with Crippen LogP contribution in [-0.4, -0.2) is 47.5 Å². The number of rotatable bonds is 13. The minimum absolute atomic E-state index is 0.198. The fraction of sp³-hybridized carbons (Fsp3) is 0.500. The molecule has 7 nitrogen and oxygen atoms in total. The Balaban J connectivity index is 1.88. The monoisotopic (exact) mass is 587 g/mol. The van der Waals surface area contributed by atoms with Crippen LogP contribution in [0.1, 0.15) is 89.6 Å². The smallest absolute Gasteiger partial charge is 0.305 e. The maximum Gasteiger partial charge on any atom is 0.305 e. The Labute approximate surface area is 235 Å². The van der Waals surface area contributed by atoms with E-state index in [-0.39, 0.29) is 17.8 Å². The quantitative estimate of drug-likeness (QED) is 0.222. The van der Waals surface area contributed by atoms with Gasteiger partial charge < -0.3 is 19.7 Å². The summed E-state index contributed by atoms with van der Waals surface area (Å²) in [5.41, 5.74) is 0.398. The standard InChI is InChI=1S/C30H39BrN2O5/c1-5-37-26(34)13-7-6-10-20-38-25-12-9-8-11-24(25)27(28(35)32-30(2,3)4)33(23-18-19-23)29(36)21-14-16-22(31)17-15-21/h8-9,11-12,14-17,23,27H,5-7,10,13,18-20H2,1-4H3,(H,32,35)/i23D. The van der Waals surface area contributed by atoms with Crippen molar-refractivity contribution < 1.29 is 25.2 Å². The molecule has 3 rings (SSSR count). The van der Waals surface area contributed by atoms with Crippen LogP contribution in [0.4, 0.5) is 0 Å². The van der Waals surface area contributed by atoms with Crippen molar-refractivity contribution in [2.75, 3.05) is 13.2 Å². The van der Waals surface area contributed by atoms with Crippen LogP contribution in [0.3, 0.4) is 0 Å². The summed E-state index contributed by atoms with van der Waals surface area (Å²) in [6.45, 7) is 8.21. The van der Waals surface area contributed by atoms with Crippen molar-refractivity contribution in [1.29, 1.82) is 0 Å². The van der Waals surface area contributed by atoms with Crippen molar-refractivity contribution in [3.05, 3.63) is 64.1 Å². The number of hydrogen-bond acceptors (Lipinski definition) is 5. The topological polar surface area (TPSA) is 84.9 Å². The summed E-state index contributed by atoms with van der Waals surface area (Å²) in [6.07, 6.45) is 3.56. The lowest BCUT2D eigenvalue weighted by Gasteiger charge is -2.34. The number of ether oxygens (including phenoxy) is 2. The van der Waals surface area contributed by atoms with Gasteiger partial charge in [-0.25, -0.2) is 0 Å². The van der Waals surface area contributed by atoms with Crippen LogP contribution < -0.4 is 10.1 Å². The molecule has 1 aliphatic rings. The number of esters is 1. The second-order valence-corrected chi connectivity index (χ2v) is 11.3. The average Bonchev–Trinajstić information content (AvgIpc) is 3.61. The number of halogens is 1. The predicted molar refractivity (Wildman–Crippen MR) is 151 cm³/mol. The Morgan fingerprint density at radius 3 is 2.39 bits per heavy atom. The molecule has 8 heteroatoms. The van der Waals surface area contributed by atoms with Crippen molar-refractivity contribution in [2.24, 2.45) is 0 Å². The molecule has 0 heterocycles. The first-order valence-electron chi connectivity index (χ1n) is 13.7. The minimum Gasteiger partial charge on any atom is -0.493 e. The van der Waals surface area contributed by atoms with Crippen LogP contribution in [0.5, 0.6) is 5.75 Å². The molecular weight excluding hydrogens is 548 g/mol. The van der Waals surface area contributed by atoms with Gasteiger partial charge in [-0.2, -0.15) is 0 Å². The van der Waals surface area contributed by atoms with E-state index in [4.69, 9.17) is 10.8 Å². The lowest BCUT2D eigenvalue weighted by molar-refractivity contribution is -0.143. The highest BCUT2D eigenvalue weighted by Gasteiger charge is 2.43. The van der Waals surface area contributed by atoms with Crippen LogP contribution in [0.2, 0.25) is 0 Å². The van der Waals surface area contributed by atoms with Gasteiger partial charge in [-0.15, -0.1) is 0 Å². The highest BCUT2D eigenvalue weighted by Crippen LogP contribution is 2.39. The third-order valence-corrected chi connectivity index (χ3v) is 6.46. The summed E-state index contributed by atoms with van der Waals surface area (Å²) in [5, 5.41) is 3.02. The molecule has 0 aliphatic heterocycles. The predicted octanol–water partition coefficient (Wildman–Crippen LogP) is 6.21. The van der Waals surface area contributed by atoms with E-state index in [0.717, 1.165) is 17.3 Å². The molecule has 0 radical (unpaired) electrons. The summed E-state index contributed by atoms with van der Waals surface area (Å²) in [7, 11) is 0. The molecule has 206 valence electrons. The zero-order chi connectivity index (χ0) is 28.6. The molecule has 1 N–H and O–H groups in total. The van der Waals surface area contributed by atoms with E-state index in [0.29, 0.717) is 55.8 Å². The normalized spacial score (nSPS) is 15.1. The van der Waals surface area contributed by atoms with Crippen molar-refractivity contribution in [3.63, 3.8) is 0 Å². The first kappa shape index (κ1) is 28.1. The van der Waals surface area contributed by atoms with Crippen LogP contribution in [0, 0.1) is 0 Å². The van der Waals surface area contributed by atoms with Gasteiger partial charge in [0.25, 0.3) is 5.91 Å². The van der Waals surface area contributed by atoms with Gasteiger partial charge in [-0.3, -0.25) is 14.4 Å². The Hall–Kier alpha value is -2.87. The summed E-state index contributed by atoms with van der Waals surface area (Å²) >= 11 is 3.40. The second kappa shape index (κ2) is 13.8. The largest absolute Gasteiger partial charge is 0.493 e. The van der Waals surface area contributed by atoms with Gasteiger partial charge in [0.2, 0.25) is 5.91 Å². The number of hydrogen-bond donors (Lipinski definition) is 1. The average molecular weight is 589 g/mol. The third kappa shape index (κ3) is 8.86. The molecule has 2 aromatic carbocycles. The number of carbonyl (C=O) groups is 3. The van der Waals surface area contributed by atoms with Crippen LogP contribution in [-0.2, 0) is 14.3 Å². The number of unbranched alkanes of at least 4 members (excludes halogenated alkanes) is 2. The van der Waals surface area contributed by atoms with E-state index in [1.165, 1.54) is 4.90 Å². The van der Waals surface area contributed by atoms with E-state index in [9.17, 15) is 14.4 Å². The molecule has 1 atom stereocenters. The molecular formula is C30H39BrN2O5. The van der Waals surface area contributed by atoms with E-state index < -0.39 is 17.6 Å². The van der Waals surface area contributed by atoms with Crippen molar-refractivity contribution in [2.45, 2.75) is 83.8 Å². The maximum atomic E-state index is 13.9. The lowest BCUT2D eigenvalue weighted by Crippen LogP contribution is -2.50. The number of benzene rings is 2. The van der Waals surface area contributed by atoms with Gasteiger partial charge in [-0.05, 0) is 90.1 Å². The molecule has 2 amide bonds. The SMILES string of the molecule is [2H]C1(N(C(=O)c2ccc(Br)cc2)C(C(=O)NC(C)(C)C)c2ccccc2OCCCCCC(=O)OCC)CC1. The van der Waals surface area contributed by atoms with Crippen LogP contribution >= 0.6 is 15.9 Å². The molecule has 1 saturated carbocycles. The Morgan fingerprint density at radius 2 is 1.76 bits per heavy atom. The number of nitrogens with zero attached hydrogens (tertiary/aromatic N) is 1. The maximum absolute atomic E-state index is 13.9. The summed E-state index contributed by atoms with van der Waals surface area (Å²) in [4.78, 5) is 40.7. The summed E-state index contributed by atoms with van der Waals surface area (Å²) in [5.74, 6) is -0.444. The molecule has 0 saturated heterocycles. The third-order valence-electron chi connectivity index (χ3n) is 5.93. The van der Waals surface area contributed by atoms with E-state index in [1.807, 2.05) is 32.9 Å². The number of amides is 2. The zero-order valence-electron chi connectivity index (χ0n) is 23.7. The van der Waals surface area contributed by atoms with Crippen LogP contribution in [0.15, 0.2) is 53.0 Å². The lowest BCUT2D eigenvalue weighted by atomic mass is 9.99. The molecule has 38 heavy (non-hydrogen) atoms. The Morgan fingerprint density at radius 1 is 1.08 bits per heavy atom. The molecule has 0 bridgehead atoms. The molecule has 2 aromatic rings. The molecule has 1 fully saturated rings. The van der Waals surface area contributed by atoms with Gasteiger partial charge >= 0.3 is 5.97 Å². The van der Waals surface area contributed by atoms with Crippen molar-refractivity contribution in [1.82, 2.24) is 10.2 Å². The van der Waals surface area contributed by atoms with Crippen molar-refractivity contribution >= 4 is 33.7 Å². The fourth-order valence-corrected chi connectivity index (χ4v) is 4.37. The zero-order valence-corrected chi connectivity index (χ0v) is 24.3. The van der Waals surface area contributed by atoms with E-state index in [1.54, 1.807) is 43.3 Å². The molecule has 1 aliphatic carbocycles. The molecule has 1 unspecified atom stereocenters. The fourth-order valence-electron chi connectivity index (χ4n) is 4.11. The Kier molecular flexibility index (Phi) is 10.2. The molecule has 0 aromatic heterocycles. The van der Waals surface area contributed by atoms with Gasteiger partial charge in [0.1, 0.15) is 11.8 Å². The van der Waals surface area contributed by atoms with Gasteiger partial charge in [-0.1, -0.05) is 34.1 Å². The van der Waals surface area contributed by atoms with E-state index in [2.05, 4.69) is 21.2 Å². The second-order valence-electron chi connectivity index (χ2n) is 10.4. The molecule has 0 spiro atoms. The number of carbonyl (C=O) groups excluding carboxylic acids is 3. The van der Waals surface area contributed by atoms with E-state index >= 15 is 0 Å². The van der Waals surface area contributed by atoms with Gasteiger partial charge in [0, 0.05) is 33.6 Å². The van der Waals surface area contributed by atoms with Gasteiger partial charge in [0.15, 0.2) is 0 Å². The Bertz CT molecular complexity index is 1140. The van der Waals surface area contributed by atoms with Gasteiger partial charge in [0.05, 0.1) is 14.6 Å². The number of nitrogens with one attached hydrogen (secondary N) is 1. The highest BCUT2D eigenvalue weighted by molar-refractivity contribution is 9.10. The first-order valence-corrected chi connectivity index (χ1v) is 14.0. The first-order chi connectivity index (χ1) is 18.4. The highest BCUT2D eigenvalue weighted by atomic mass is 79.9. The van der Waals surface area contributed by atoms with Crippen molar-refractivity contribution in [3.8, 4) is 5.75 Å².